The Balaban J connectivity index is 2.20. The first-order chi connectivity index (χ1) is 10.1. The lowest BCUT2D eigenvalue weighted by atomic mass is 10.1. The maximum atomic E-state index is 5.93. The fourth-order valence-electron chi connectivity index (χ4n) is 2.91. The summed E-state index contributed by atoms with van der Waals surface area (Å²) >= 11 is 5.93. The van der Waals surface area contributed by atoms with E-state index in [0.717, 1.165) is 33.9 Å². The van der Waals surface area contributed by atoms with E-state index >= 15 is 0 Å². The summed E-state index contributed by atoms with van der Waals surface area (Å²) in [4.78, 5) is 8.80. The second-order valence-corrected chi connectivity index (χ2v) is 5.49. The van der Waals surface area contributed by atoms with Crippen LogP contribution in [0.25, 0.3) is 11.0 Å². The molecule has 0 radical (unpaired) electrons. The third-order valence-electron chi connectivity index (χ3n) is 3.78. The average Bonchev–Trinajstić information content (AvgIpc) is 2.99. The van der Waals surface area contributed by atoms with Gasteiger partial charge in [0.05, 0.1) is 23.4 Å². The highest BCUT2D eigenvalue weighted by atomic mass is 35.5. The number of rotatable bonds is 4. The van der Waals surface area contributed by atoms with Crippen LogP contribution in [0.5, 0.6) is 0 Å². The molecule has 3 rings (SSSR count). The number of halogens is 1. The second kappa shape index (κ2) is 5.48. The van der Waals surface area contributed by atoms with Gasteiger partial charge in [-0.3, -0.25) is 4.98 Å². The van der Waals surface area contributed by atoms with Gasteiger partial charge in [-0.2, -0.15) is 0 Å². The van der Waals surface area contributed by atoms with Crippen molar-refractivity contribution in [3.05, 3.63) is 41.3 Å². The maximum Gasteiger partial charge on any atom is 0.139 e. The van der Waals surface area contributed by atoms with E-state index < -0.39 is 0 Å². The molecular formula is C15H17ClN4O. The largest absolute Gasteiger partial charge is 0.361 e. The minimum absolute atomic E-state index is 0.0851. The molecule has 0 spiro atoms. The van der Waals surface area contributed by atoms with E-state index in [1.165, 1.54) is 0 Å². The number of pyridine rings is 1. The van der Waals surface area contributed by atoms with Crippen molar-refractivity contribution >= 4 is 22.6 Å². The summed E-state index contributed by atoms with van der Waals surface area (Å²) < 4.78 is 7.50. The number of aromatic nitrogens is 4. The summed E-state index contributed by atoms with van der Waals surface area (Å²) in [5, 5.41) is 4.06. The summed E-state index contributed by atoms with van der Waals surface area (Å²) in [6, 6.07) is 2.07. The van der Waals surface area contributed by atoms with Crippen LogP contribution in [-0.2, 0) is 6.42 Å². The molecule has 0 aliphatic heterocycles. The molecule has 3 aromatic heterocycles. The standard InChI is InChI=1S/C15H17ClN4O/c1-9-15(11(3)21-19-9)10(2)20-13-5-7-17-8-12(13)18-14(20)4-6-16/h5,7-8,10H,4,6H2,1-3H3. The van der Waals surface area contributed by atoms with E-state index in [9.17, 15) is 0 Å². The van der Waals surface area contributed by atoms with Crippen molar-refractivity contribution in [2.75, 3.05) is 5.88 Å². The zero-order chi connectivity index (χ0) is 15.0. The number of imidazole rings is 1. The molecule has 0 saturated carbocycles. The van der Waals surface area contributed by atoms with Crippen molar-refractivity contribution in [3.8, 4) is 0 Å². The van der Waals surface area contributed by atoms with E-state index in [1.807, 2.05) is 19.9 Å². The maximum absolute atomic E-state index is 5.93. The van der Waals surface area contributed by atoms with Crippen LogP contribution in [0.15, 0.2) is 23.0 Å². The van der Waals surface area contributed by atoms with Gasteiger partial charge in [0.15, 0.2) is 0 Å². The lowest BCUT2D eigenvalue weighted by molar-refractivity contribution is 0.391. The van der Waals surface area contributed by atoms with Crippen LogP contribution in [0.2, 0.25) is 0 Å². The Labute approximate surface area is 127 Å². The smallest absolute Gasteiger partial charge is 0.139 e. The molecule has 0 aliphatic rings. The van der Waals surface area contributed by atoms with Crippen molar-refractivity contribution in [2.24, 2.45) is 0 Å². The molecule has 0 aromatic carbocycles. The van der Waals surface area contributed by atoms with Gasteiger partial charge in [0.1, 0.15) is 17.1 Å². The van der Waals surface area contributed by atoms with Crippen molar-refractivity contribution in [3.63, 3.8) is 0 Å². The Bertz CT molecular complexity index is 758. The van der Waals surface area contributed by atoms with Crippen molar-refractivity contribution in [2.45, 2.75) is 33.2 Å². The van der Waals surface area contributed by atoms with Crippen molar-refractivity contribution in [1.82, 2.24) is 19.7 Å². The molecule has 0 amide bonds. The SMILES string of the molecule is Cc1noc(C)c1C(C)n1c(CCCl)nc2cnccc21. The fourth-order valence-corrected chi connectivity index (χ4v) is 3.08. The molecule has 21 heavy (non-hydrogen) atoms. The number of hydrogen-bond donors (Lipinski definition) is 0. The molecule has 0 saturated heterocycles. The van der Waals surface area contributed by atoms with Gasteiger partial charge in [0.25, 0.3) is 0 Å². The monoisotopic (exact) mass is 304 g/mol. The van der Waals surface area contributed by atoms with Crippen molar-refractivity contribution in [1.29, 1.82) is 0 Å². The highest BCUT2D eigenvalue weighted by Crippen LogP contribution is 2.29. The first kappa shape index (κ1) is 14.1. The van der Waals surface area contributed by atoms with Crippen molar-refractivity contribution < 1.29 is 4.52 Å². The summed E-state index contributed by atoms with van der Waals surface area (Å²) in [6.45, 7) is 6.03. The van der Waals surface area contributed by atoms with E-state index in [-0.39, 0.29) is 6.04 Å². The van der Waals surface area contributed by atoms with Gasteiger partial charge < -0.3 is 9.09 Å². The zero-order valence-electron chi connectivity index (χ0n) is 12.3. The normalized spacial score (nSPS) is 13.0. The van der Waals surface area contributed by atoms with Gasteiger partial charge in [0, 0.05) is 24.1 Å². The number of aryl methyl sites for hydroxylation is 3. The molecule has 1 unspecified atom stereocenters. The summed E-state index contributed by atoms with van der Waals surface area (Å²) in [7, 11) is 0. The van der Waals surface area contributed by atoms with Crippen LogP contribution < -0.4 is 0 Å². The lowest BCUT2D eigenvalue weighted by Crippen LogP contribution is -2.12. The lowest BCUT2D eigenvalue weighted by Gasteiger charge is -2.17. The Kier molecular flexibility index (Phi) is 3.68. The highest BCUT2D eigenvalue weighted by Gasteiger charge is 2.22. The Hall–Kier alpha value is -1.88. The van der Waals surface area contributed by atoms with Crippen LogP contribution >= 0.6 is 11.6 Å². The first-order valence-corrected chi connectivity index (χ1v) is 7.46. The minimum Gasteiger partial charge on any atom is -0.361 e. The Morgan fingerprint density at radius 1 is 1.38 bits per heavy atom. The van der Waals surface area contributed by atoms with Gasteiger partial charge >= 0.3 is 0 Å². The van der Waals surface area contributed by atoms with Gasteiger partial charge in [0.2, 0.25) is 0 Å². The van der Waals surface area contributed by atoms with Gasteiger partial charge in [-0.05, 0) is 26.8 Å². The highest BCUT2D eigenvalue weighted by molar-refractivity contribution is 6.17. The van der Waals surface area contributed by atoms with Crippen LogP contribution in [0, 0.1) is 13.8 Å². The topological polar surface area (TPSA) is 56.7 Å². The van der Waals surface area contributed by atoms with E-state index in [2.05, 4.69) is 26.6 Å². The number of fused-ring (bicyclic) bond motifs is 1. The van der Waals surface area contributed by atoms with Crippen LogP contribution in [0.4, 0.5) is 0 Å². The molecule has 3 aromatic rings. The van der Waals surface area contributed by atoms with Crippen LogP contribution in [0.1, 0.15) is 35.8 Å². The van der Waals surface area contributed by atoms with Gasteiger partial charge in [-0.1, -0.05) is 5.16 Å². The predicted octanol–water partition coefficient (Wildman–Crippen LogP) is 3.43. The number of hydrogen-bond acceptors (Lipinski definition) is 4. The molecular weight excluding hydrogens is 288 g/mol. The zero-order valence-corrected chi connectivity index (χ0v) is 13.1. The minimum atomic E-state index is 0.0851. The molecule has 5 nitrogen and oxygen atoms in total. The summed E-state index contributed by atoms with van der Waals surface area (Å²) in [5.41, 5.74) is 3.95. The van der Waals surface area contributed by atoms with E-state index in [1.54, 1.807) is 12.4 Å². The van der Waals surface area contributed by atoms with E-state index in [0.29, 0.717) is 12.3 Å². The molecule has 0 fully saturated rings. The predicted molar refractivity (Wildman–Crippen MR) is 81.7 cm³/mol. The average molecular weight is 305 g/mol. The fraction of sp³-hybridized carbons (Fsp3) is 0.400. The van der Waals surface area contributed by atoms with E-state index in [4.69, 9.17) is 16.1 Å². The molecule has 6 heteroatoms. The number of nitrogens with zero attached hydrogens (tertiary/aromatic N) is 4. The second-order valence-electron chi connectivity index (χ2n) is 5.12. The van der Waals surface area contributed by atoms with Gasteiger partial charge in [-0.15, -0.1) is 11.6 Å². The molecule has 3 heterocycles. The molecule has 0 N–H and O–H groups in total. The molecule has 0 bridgehead atoms. The van der Waals surface area contributed by atoms with Crippen LogP contribution in [0.3, 0.4) is 0 Å². The summed E-state index contributed by atoms with van der Waals surface area (Å²) in [6.07, 6.45) is 4.28. The Morgan fingerprint density at radius 3 is 2.86 bits per heavy atom. The number of alkyl halides is 1. The van der Waals surface area contributed by atoms with Crippen LogP contribution in [-0.4, -0.2) is 25.6 Å². The first-order valence-electron chi connectivity index (χ1n) is 6.93. The molecule has 0 aliphatic carbocycles. The third-order valence-corrected chi connectivity index (χ3v) is 3.97. The molecule has 110 valence electrons. The summed E-state index contributed by atoms with van der Waals surface area (Å²) in [5.74, 6) is 2.33. The quantitative estimate of drug-likeness (QED) is 0.693. The van der Waals surface area contributed by atoms with Gasteiger partial charge in [-0.25, -0.2) is 4.98 Å². The third kappa shape index (κ3) is 2.31. The Morgan fingerprint density at radius 2 is 2.19 bits per heavy atom. The molecule has 1 atom stereocenters.